The van der Waals surface area contributed by atoms with Crippen molar-refractivity contribution in [1.82, 2.24) is 24.7 Å². The smallest absolute Gasteiger partial charge is 0.278 e. The molecule has 0 spiro atoms. The molecule has 8 nitrogen and oxygen atoms in total. The number of nitro benzene ring substituents is 1. The summed E-state index contributed by atoms with van der Waals surface area (Å²) in [4.78, 5) is 20.1. The highest BCUT2D eigenvalue weighted by Crippen LogP contribution is 2.43. The first-order valence-electron chi connectivity index (χ1n) is 8.76. The fourth-order valence-electron chi connectivity index (χ4n) is 3.19. The van der Waals surface area contributed by atoms with Gasteiger partial charge in [0, 0.05) is 52.7 Å². The van der Waals surface area contributed by atoms with Crippen molar-refractivity contribution in [3.8, 4) is 11.4 Å². The lowest BCUT2D eigenvalue weighted by Gasteiger charge is -2.10. The summed E-state index contributed by atoms with van der Waals surface area (Å²) in [7, 11) is 0. The molecular formula is C19H14N6O2S. The van der Waals surface area contributed by atoms with Gasteiger partial charge >= 0.3 is 0 Å². The van der Waals surface area contributed by atoms with E-state index in [4.69, 9.17) is 0 Å². The fourth-order valence-corrected chi connectivity index (χ4v) is 4.23. The molecule has 1 aromatic carbocycles. The summed E-state index contributed by atoms with van der Waals surface area (Å²) in [5, 5.41) is 22.2. The standard InChI is InChI=1S/C19H14N6O2S/c26-25(27)16-5-6-17(14-7-9-21-11-15(14)16)28-19-23-22-18(24(19)13-3-4-13)12-2-1-8-20-10-12/h1-2,5-11,13H,3-4H2. The van der Waals surface area contributed by atoms with Crippen LogP contribution in [0.3, 0.4) is 0 Å². The van der Waals surface area contributed by atoms with E-state index < -0.39 is 0 Å². The molecule has 138 valence electrons. The van der Waals surface area contributed by atoms with Gasteiger partial charge in [-0.1, -0.05) is 0 Å². The van der Waals surface area contributed by atoms with E-state index in [0.29, 0.717) is 11.4 Å². The molecule has 0 unspecified atom stereocenters. The average molecular weight is 390 g/mol. The maximum absolute atomic E-state index is 11.3. The number of pyridine rings is 2. The molecule has 9 heteroatoms. The quantitative estimate of drug-likeness (QED) is 0.370. The lowest BCUT2D eigenvalue weighted by atomic mass is 10.1. The Hall–Kier alpha value is -3.33. The minimum Gasteiger partial charge on any atom is -0.299 e. The molecule has 0 amide bonds. The van der Waals surface area contributed by atoms with E-state index >= 15 is 0 Å². The van der Waals surface area contributed by atoms with Crippen LogP contribution >= 0.6 is 11.8 Å². The van der Waals surface area contributed by atoms with Gasteiger partial charge in [-0.25, -0.2) is 0 Å². The molecule has 0 N–H and O–H groups in total. The Kier molecular flexibility index (Phi) is 4.01. The first kappa shape index (κ1) is 16.8. The summed E-state index contributed by atoms with van der Waals surface area (Å²) in [6.07, 6.45) is 8.86. The number of fused-ring (bicyclic) bond motifs is 1. The third-order valence-corrected chi connectivity index (χ3v) is 5.69. The molecule has 1 aliphatic carbocycles. The zero-order valence-corrected chi connectivity index (χ0v) is 15.4. The van der Waals surface area contributed by atoms with Gasteiger partial charge < -0.3 is 0 Å². The van der Waals surface area contributed by atoms with Gasteiger partial charge in [-0.3, -0.25) is 24.6 Å². The van der Waals surface area contributed by atoms with Crippen molar-refractivity contribution in [1.29, 1.82) is 0 Å². The van der Waals surface area contributed by atoms with Crippen LogP contribution in [0.1, 0.15) is 18.9 Å². The SMILES string of the molecule is O=[N+]([O-])c1ccc(Sc2nnc(-c3cccnc3)n2C2CC2)c2ccncc12. The molecule has 0 atom stereocenters. The fraction of sp³-hybridized carbons (Fsp3) is 0.158. The van der Waals surface area contributed by atoms with Crippen LogP contribution in [0.5, 0.6) is 0 Å². The number of non-ortho nitro benzene ring substituents is 1. The third-order valence-electron chi connectivity index (χ3n) is 4.65. The van der Waals surface area contributed by atoms with Crippen LogP contribution in [-0.4, -0.2) is 29.7 Å². The molecule has 1 fully saturated rings. The third kappa shape index (κ3) is 2.89. The number of rotatable bonds is 5. The zero-order valence-electron chi connectivity index (χ0n) is 14.6. The second kappa shape index (κ2) is 6.68. The van der Waals surface area contributed by atoms with Crippen molar-refractivity contribution in [2.24, 2.45) is 0 Å². The van der Waals surface area contributed by atoms with Gasteiger partial charge in [-0.05, 0) is 48.9 Å². The van der Waals surface area contributed by atoms with E-state index in [1.54, 1.807) is 30.7 Å². The van der Waals surface area contributed by atoms with Gasteiger partial charge in [0.15, 0.2) is 11.0 Å². The van der Waals surface area contributed by atoms with Gasteiger partial charge in [-0.15, -0.1) is 10.2 Å². The lowest BCUT2D eigenvalue weighted by Crippen LogP contribution is -2.00. The Morgan fingerprint density at radius 1 is 1.04 bits per heavy atom. The summed E-state index contributed by atoms with van der Waals surface area (Å²) < 4.78 is 2.15. The number of aromatic nitrogens is 5. The topological polar surface area (TPSA) is 99.6 Å². The van der Waals surface area contributed by atoms with Crippen molar-refractivity contribution in [2.45, 2.75) is 28.9 Å². The monoisotopic (exact) mass is 390 g/mol. The van der Waals surface area contributed by atoms with Crippen LogP contribution < -0.4 is 0 Å². The summed E-state index contributed by atoms with van der Waals surface area (Å²) in [5.41, 5.74) is 0.971. The summed E-state index contributed by atoms with van der Waals surface area (Å²) in [6, 6.07) is 9.30. The van der Waals surface area contributed by atoms with Gasteiger partial charge in [0.25, 0.3) is 5.69 Å². The highest BCUT2D eigenvalue weighted by atomic mass is 32.2. The van der Waals surface area contributed by atoms with E-state index in [1.165, 1.54) is 24.0 Å². The van der Waals surface area contributed by atoms with Crippen LogP contribution in [-0.2, 0) is 0 Å². The second-order valence-corrected chi connectivity index (χ2v) is 7.52. The van der Waals surface area contributed by atoms with Gasteiger partial charge in [0.1, 0.15) is 0 Å². The van der Waals surface area contributed by atoms with Crippen molar-refractivity contribution in [3.05, 3.63) is 65.2 Å². The normalized spacial score (nSPS) is 13.7. The summed E-state index contributed by atoms with van der Waals surface area (Å²) in [6.45, 7) is 0. The number of nitrogens with zero attached hydrogens (tertiary/aromatic N) is 6. The Labute approximate surface area is 163 Å². The van der Waals surface area contributed by atoms with E-state index in [9.17, 15) is 10.1 Å². The first-order valence-corrected chi connectivity index (χ1v) is 9.58. The molecule has 28 heavy (non-hydrogen) atoms. The summed E-state index contributed by atoms with van der Waals surface area (Å²) in [5.74, 6) is 0.797. The van der Waals surface area contributed by atoms with Gasteiger partial charge in [0.05, 0.1) is 10.3 Å². The highest BCUT2D eigenvalue weighted by molar-refractivity contribution is 7.99. The van der Waals surface area contributed by atoms with E-state index in [0.717, 1.165) is 39.7 Å². The molecule has 0 saturated heterocycles. The first-order chi connectivity index (χ1) is 13.7. The number of hydrogen-bond acceptors (Lipinski definition) is 7. The molecule has 3 heterocycles. The summed E-state index contributed by atoms with van der Waals surface area (Å²) >= 11 is 1.47. The molecule has 1 saturated carbocycles. The Balaban J connectivity index is 1.60. The number of nitro groups is 1. The molecule has 0 radical (unpaired) electrons. The lowest BCUT2D eigenvalue weighted by molar-refractivity contribution is -0.383. The largest absolute Gasteiger partial charge is 0.299 e. The Bertz CT molecular complexity index is 1190. The molecule has 0 aliphatic heterocycles. The van der Waals surface area contributed by atoms with Crippen LogP contribution in [0.25, 0.3) is 22.2 Å². The molecule has 3 aromatic heterocycles. The number of benzene rings is 1. The van der Waals surface area contributed by atoms with Crippen molar-refractivity contribution >= 4 is 28.2 Å². The molecule has 0 bridgehead atoms. The van der Waals surface area contributed by atoms with E-state index in [2.05, 4.69) is 24.7 Å². The van der Waals surface area contributed by atoms with E-state index in [1.807, 2.05) is 12.1 Å². The molecule has 1 aliphatic rings. The van der Waals surface area contributed by atoms with Gasteiger partial charge in [0.2, 0.25) is 0 Å². The Morgan fingerprint density at radius 3 is 2.64 bits per heavy atom. The van der Waals surface area contributed by atoms with Crippen molar-refractivity contribution in [3.63, 3.8) is 0 Å². The van der Waals surface area contributed by atoms with Crippen LogP contribution in [0, 0.1) is 10.1 Å². The molecular weight excluding hydrogens is 376 g/mol. The van der Waals surface area contributed by atoms with E-state index in [-0.39, 0.29) is 10.6 Å². The predicted molar refractivity (Wildman–Crippen MR) is 104 cm³/mol. The maximum atomic E-state index is 11.3. The van der Waals surface area contributed by atoms with Crippen molar-refractivity contribution in [2.75, 3.05) is 0 Å². The number of hydrogen-bond donors (Lipinski definition) is 0. The minimum atomic E-state index is -0.383. The molecule has 4 aromatic rings. The van der Waals surface area contributed by atoms with Crippen LogP contribution in [0.15, 0.2) is 65.2 Å². The zero-order chi connectivity index (χ0) is 19.1. The minimum absolute atomic E-state index is 0.0483. The van der Waals surface area contributed by atoms with Crippen molar-refractivity contribution < 1.29 is 4.92 Å². The van der Waals surface area contributed by atoms with Crippen LogP contribution in [0.2, 0.25) is 0 Å². The van der Waals surface area contributed by atoms with Gasteiger partial charge in [-0.2, -0.15) is 0 Å². The second-order valence-electron chi connectivity index (χ2n) is 6.51. The Morgan fingerprint density at radius 2 is 1.89 bits per heavy atom. The average Bonchev–Trinajstić information content (AvgIpc) is 3.48. The predicted octanol–water partition coefficient (Wildman–Crippen LogP) is 4.28. The maximum Gasteiger partial charge on any atom is 0.278 e. The highest BCUT2D eigenvalue weighted by Gasteiger charge is 2.30. The molecule has 5 rings (SSSR count). The van der Waals surface area contributed by atoms with Crippen LogP contribution in [0.4, 0.5) is 5.69 Å².